The van der Waals surface area contributed by atoms with Gasteiger partial charge in [0.25, 0.3) is 0 Å². The third-order valence-electron chi connectivity index (χ3n) is 2.85. The lowest BCUT2D eigenvalue weighted by Gasteiger charge is -2.10. The molecule has 0 aliphatic heterocycles. The number of benzene rings is 1. The SMILES string of the molecule is Cc1cc(Nc2n[nH]c(N)n2)cc(C)c1C#CC(C)(C)C. The molecule has 0 aliphatic rings. The number of aromatic amines is 1. The standard InChI is InChI=1S/C16H21N5/c1-10-8-12(18-15-19-14(17)20-21-15)9-11(2)13(10)6-7-16(3,4)5/h8-9H,1-5H3,(H4,17,18,19,20,21). The van der Waals surface area contributed by atoms with Crippen LogP contribution < -0.4 is 11.1 Å². The number of nitrogens with zero attached hydrogens (tertiary/aromatic N) is 2. The van der Waals surface area contributed by atoms with Crippen LogP contribution in [0.15, 0.2) is 12.1 Å². The van der Waals surface area contributed by atoms with Gasteiger partial charge in [0.05, 0.1) is 0 Å². The number of nitrogen functional groups attached to an aromatic ring is 1. The first-order chi connectivity index (χ1) is 9.74. The number of rotatable bonds is 2. The summed E-state index contributed by atoms with van der Waals surface area (Å²) < 4.78 is 0. The summed E-state index contributed by atoms with van der Waals surface area (Å²) in [6.45, 7) is 10.4. The number of nitrogens with one attached hydrogen (secondary N) is 2. The van der Waals surface area contributed by atoms with Crippen molar-refractivity contribution in [1.29, 1.82) is 0 Å². The number of hydrogen-bond donors (Lipinski definition) is 3. The summed E-state index contributed by atoms with van der Waals surface area (Å²) >= 11 is 0. The molecule has 1 aromatic heterocycles. The second kappa shape index (κ2) is 5.49. The van der Waals surface area contributed by atoms with E-state index in [1.807, 2.05) is 12.1 Å². The highest BCUT2D eigenvalue weighted by molar-refractivity contribution is 5.61. The normalized spacial score (nSPS) is 10.9. The molecule has 0 amide bonds. The predicted octanol–water partition coefficient (Wildman–Crippen LogP) is 3.14. The van der Waals surface area contributed by atoms with Gasteiger partial charge >= 0.3 is 0 Å². The van der Waals surface area contributed by atoms with E-state index in [1.54, 1.807) is 0 Å². The topological polar surface area (TPSA) is 79.6 Å². The molecule has 2 aromatic rings. The predicted molar refractivity (Wildman–Crippen MR) is 86.3 cm³/mol. The van der Waals surface area contributed by atoms with Gasteiger partial charge in [0.1, 0.15) is 0 Å². The summed E-state index contributed by atoms with van der Waals surface area (Å²) in [4.78, 5) is 4.03. The van der Waals surface area contributed by atoms with E-state index >= 15 is 0 Å². The summed E-state index contributed by atoms with van der Waals surface area (Å²) in [7, 11) is 0. The van der Waals surface area contributed by atoms with Crippen LogP contribution in [-0.2, 0) is 0 Å². The van der Waals surface area contributed by atoms with Crippen molar-refractivity contribution in [3.8, 4) is 11.8 Å². The lowest BCUT2D eigenvalue weighted by Crippen LogP contribution is -2.01. The van der Waals surface area contributed by atoms with Crippen LogP contribution in [0.5, 0.6) is 0 Å². The van der Waals surface area contributed by atoms with Gasteiger partial charge in [-0.3, -0.25) is 0 Å². The third-order valence-corrected chi connectivity index (χ3v) is 2.85. The highest BCUT2D eigenvalue weighted by atomic mass is 15.3. The zero-order valence-corrected chi connectivity index (χ0v) is 13.1. The Kier molecular flexibility index (Phi) is 3.90. The maximum atomic E-state index is 5.51. The minimum atomic E-state index is -0.00765. The Balaban J connectivity index is 2.30. The molecule has 1 aromatic carbocycles. The highest BCUT2D eigenvalue weighted by Gasteiger charge is 2.08. The quantitative estimate of drug-likeness (QED) is 0.740. The molecule has 0 atom stereocenters. The number of anilines is 3. The molecule has 5 heteroatoms. The average molecular weight is 283 g/mol. The maximum Gasteiger partial charge on any atom is 0.248 e. The third kappa shape index (κ3) is 3.99. The summed E-state index contributed by atoms with van der Waals surface area (Å²) in [5.74, 6) is 7.31. The van der Waals surface area contributed by atoms with Crippen molar-refractivity contribution in [2.75, 3.05) is 11.1 Å². The van der Waals surface area contributed by atoms with Crippen LogP contribution in [-0.4, -0.2) is 15.2 Å². The summed E-state index contributed by atoms with van der Waals surface area (Å²) in [6.07, 6.45) is 0. The average Bonchev–Trinajstić information content (AvgIpc) is 2.72. The Morgan fingerprint density at radius 1 is 1.19 bits per heavy atom. The summed E-state index contributed by atoms with van der Waals surface area (Å²) in [6, 6.07) is 4.07. The van der Waals surface area contributed by atoms with Crippen LogP contribution in [0.3, 0.4) is 0 Å². The largest absolute Gasteiger partial charge is 0.368 e. The van der Waals surface area contributed by atoms with Gasteiger partial charge in [-0.25, -0.2) is 5.10 Å². The molecule has 4 N–H and O–H groups in total. The molecule has 0 saturated heterocycles. The fourth-order valence-corrected chi connectivity index (χ4v) is 1.94. The van der Waals surface area contributed by atoms with Crippen LogP contribution in [0.4, 0.5) is 17.6 Å². The lowest BCUT2D eigenvalue weighted by atomic mass is 9.95. The Morgan fingerprint density at radius 2 is 1.81 bits per heavy atom. The Labute approximate surface area is 125 Å². The van der Waals surface area contributed by atoms with Crippen molar-refractivity contribution in [2.24, 2.45) is 5.41 Å². The van der Waals surface area contributed by atoms with E-state index in [4.69, 9.17) is 5.73 Å². The van der Waals surface area contributed by atoms with Crippen LogP contribution in [0.2, 0.25) is 0 Å². The van der Waals surface area contributed by atoms with Gasteiger partial charge in [-0.1, -0.05) is 11.8 Å². The number of H-pyrrole nitrogens is 1. The molecule has 0 aliphatic carbocycles. The van der Waals surface area contributed by atoms with E-state index in [-0.39, 0.29) is 5.41 Å². The second-order valence-electron chi connectivity index (χ2n) is 6.15. The molecule has 0 radical (unpaired) electrons. The molecular weight excluding hydrogens is 262 g/mol. The van der Waals surface area contributed by atoms with Crippen LogP contribution >= 0.6 is 0 Å². The first-order valence-electron chi connectivity index (χ1n) is 6.84. The summed E-state index contributed by atoms with van der Waals surface area (Å²) in [5, 5.41) is 9.68. The van der Waals surface area contributed by atoms with E-state index in [0.717, 1.165) is 22.4 Å². The van der Waals surface area contributed by atoms with E-state index in [9.17, 15) is 0 Å². The minimum Gasteiger partial charge on any atom is -0.368 e. The molecule has 0 saturated carbocycles. The monoisotopic (exact) mass is 283 g/mol. The van der Waals surface area contributed by atoms with Gasteiger partial charge in [0, 0.05) is 16.7 Å². The molecule has 0 fully saturated rings. The maximum absolute atomic E-state index is 5.51. The molecule has 0 unspecified atom stereocenters. The Morgan fingerprint density at radius 3 is 2.29 bits per heavy atom. The van der Waals surface area contributed by atoms with Crippen molar-refractivity contribution >= 4 is 17.6 Å². The van der Waals surface area contributed by atoms with Gasteiger partial charge in [-0.15, -0.1) is 5.10 Å². The number of aryl methyl sites for hydroxylation is 2. The zero-order valence-electron chi connectivity index (χ0n) is 13.1. The molecular formula is C16H21N5. The van der Waals surface area contributed by atoms with Crippen LogP contribution in [0.1, 0.15) is 37.5 Å². The molecule has 110 valence electrons. The van der Waals surface area contributed by atoms with Gasteiger partial charge in [-0.05, 0) is 57.9 Å². The van der Waals surface area contributed by atoms with Crippen molar-refractivity contribution in [1.82, 2.24) is 15.2 Å². The van der Waals surface area contributed by atoms with Crippen LogP contribution in [0.25, 0.3) is 0 Å². The van der Waals surface area contributed by atoms with Crippen LogP contribution in [0, 0.1) is 31.1 Å². The molecule has 5 nitrogen and oxygen atoms in total. The molecule has 2 rings (SSSR count). The van der Waals surface area contributed by atoms with Crippen molar-refractivity contribution in [3.63, 3.8) is 0 Å². The highest BCUT2D eigenvalue weighted by Crippen LogP contribution is 2.22. The lowest BCUT2D eigenvalue weighted by molar-refractivity contribution is 0.571. The van der Waals surface area contributed by atoms with Gasteiger partial charge in [0.15, 0.2) is 0 Å². The fourth-order valence-electron chi connectivity index (χ4n) is 1.94. The van der Waals surface area contributed by atoms with Gasteiger partial charge < -0.3 is 11.1 Å². The van der Waals surface area contributed by atoms with Gasteiger partial charge in [-0.2, -0.15) is 4.98 Å². The number of nitrogens with two attached hydrogens (primary N) is 1. The number of hydrogen-bond acceptors (Lipinski definition) is 4. The smallest absolute Gasteiger partial charge is 0.248 e. The summed E-state index contributed by atoms with van der Waals surface area (Å²) in [5.41, 5.74) is 9.74. The van der Waals surface area contributed by atoms with E-state index < -0.39 is 0 Å². The van der Waals surface area contributed by atoms with Crippen molar-refractivity contribution in [3.05, 3.63) is 28.8 Å². The van der Waals surface area contributed by atoms with E-state index in [1.165, 1.54) is 0 Å². The minimum absolute atomic E-state index is 0.00765. The van der Waals surface area contributed by atoms with Crippen molar-refractivity contribution < 1.29 is 0 Å². The second-order valence-corrected chi connectivity index (χ2v) is 6.15. The molecule has 21 heavy (non-hydrogen) atoms. The van der Waals surface area contributed by atoms with E-state index in [2.05, 4.69) is 67.0 Å². The number of aromatic nitrogens is 3. The Bertz CT molecular complexity index is 687. The molecule has 0 bridgehead atoms. The first-order valence-corrected chi connectivity index (χ1v) is 6.84. The first kappa shape index (κ1) is 14.9. The van der Waals surface area contributed by atoms with Crippen molar-refractivity contribution in [2.45, 2.75) is 34.6 Å². The Hall–Kier alpha value is -2.48. The van der Waals surface area contributed by atoms with E-state index in [0.29, 0.717) is 11.9 Å². The molecule has 0 spiro atoms. The fraction of sp³-hybridized carbons (Fsp3) is 0.375. The molecule has 1 heterocycles. The van der Waals surface area contributed by atoms with Gasteiger partial charge in [0.2, 0.25) is 11.9 Å². The zero-order chi connectivity index (χ0) is 15.6.